The van der Waals surface area contributed by atoms with Crippen LogP contribution in [0, 0.1) is 13.8 Å². The van der Waals surface area contributed by atoms with Gasteiger partial charge in [-0.1, -0.05) is 41.5 Å². The highest BCUT2D eigenvalue weighted by atomic mass is 32.2. The molecule has 3 aromatic carbocycles. The molecule has 3 aromatic rings. The summed E-state index contributed by atoms with van der Waals surface area (Å²) in [5.74, 6) is -1.66. The van der Waals surface area contributed by atoms with E-state index in [1.807, 2.05) is 62.4 Å². The summed E-state index contributed by atoms with van der Waals surface area (Å²) >= 11 is 2.75. The van der Waals surface area contributed by atoms with Crippen LogP contribution in [-0.2, 0) is 9.59 Å². The fourth-order valence-electron chi connectivity index (χ4n) is 2.82. The molecule has 0 fully saturated rings. The van der Waals surface area contributed by atoms with Crippen LogP contribution in [0.5, 0.6) is 0 Å². The average Bonchev–Trinajstić information content (AvgIpc) is 2.79. The maximum absolute atomic E-state index is 12.5. The minimum atomic E-state index is -1.37. The number of anilines is 2. The molecule has 0 atom stereocenters. The van der Waals surface area contributed by atoms with E-state index in [0.717, 1.165) is 20.9 Å². The van der Waals surface area contributed by atoms with Crippen LogP contribution >= 0.6 is 23.5 Å². The van der Waals surface area contributed by atoms with Crippen LogP contribution in [0.15, 0.2) is 76.5 Å². The molecule has 0 bridgehead atoms. The summed E-state index contributed by atoms with van der Waals surface area (Å²) in [6.07, 6.45) is 0. The van der Waals surface area contributed by atoms with Crippen molar-refractivity contribution in [1.29, 1.82) is 0 Å². The topological polar surface area (TPSA) is 98.3 Å². The molecule has 0 spiro atoms. The number of rotatable bonds is 9. The molecule has 0 unspecified atom stereocenters. The van der Waals surface area contributed by atoms with Crippen molar-refractivity contribution in [3.05, 3.63) is 83.4 Å². The Morgan fingerprint density at radius 3 is 1.61 bits per heavy atom. The summed E-state index contributed by atoms with van der Waals surface area (Å²) in [4.78, 5) is 38.2. The van der Waals surface area contributed by atoms with E-state index in [1.165, 1.54) is 41.7 Å². The van der Waals surface area contributed by atoms with Gasteiger partial charge in [-0.2, -0.15) is 0 Å². The van der Waals surface area contributed by atoms with Gasteiger partial charge < -0.3 is 20.5 Å². The van der Waals surface area contributed by atoms with Crippen LogP contribution in [-0.4, -0.2) is 29.3 Å². The van der Waals surface area contributed by atoms with Crippen LogP contribution in [0.1, 0.15) is 21.5 Å². The number of aryl methyl sites for hydroxylation is 2. The average molecular weight is 480 g/mol. The van der Waals surface area contributed by atoms with E-state index in [-0.39, 0.29) is 34.6 Å². The van der Waals surface area contributed by atoms with Crippen molar-refractivity contribution in [1.82, 2.24) is 0 Å². The van der Waals surface area contributed by atoms with Crippen molar-refractivity contribution >= 4 is 52.7 Å². The van der Waals surface area contributed by atoms with Crippen LogP contribution < -0.4 is 15.7 Å². The predicted molar refractivity (Wildman–Crippen MR) is 132 cm³/mol. The van der Waals surface area contributed by atoms with E-state index < -0.39 is 5.97 Å². The van der Waals surface area contributed by atoms with Gasteiger partial charge in [-0.3, -0.25) is 9.59 Å². The first kappa shape index (κ1) is 24.4. The maximum Gasteiger partial charge on any atom is 0.234 e. The standard InChI is InChI=1S/C25H24N2O4S2/c1-16-3-8-19(9-4-16)32-14-23(28)26-21-12-7-18(25(30)31)13-22(21)27-24(29)15-33-20-10-5-17(2)6-11-20/h3-13H,14-15H2,1-2H3,(H,26,28)(H,27,29)(H,30,31)/p-1. The Bertz CT molecular complexity index is 1150. The summed E-state index contributed by atoms with van der Waals surface area (Å²) in [6.45, 7) is 3.98. The Morgan fingerprint density at radius 1 is 0.697 bits per heavy atom. The Hall–Kier alpha value is -3.23. The Labute approximate surface area is 201 Å². The molecule has 0 saturated carbocycles. The molecule has 3 rings (SSSR count). The number of carbonyl (C=O) groups is 3. The number of thioether (sulfide) groups is 2. The fourth-order valence-corrected chi connectivity index (χ4v) is 4.22. The number of hydrogen-bond acceptors (Lipinski definition) is 6. The number of aromatic carboxylic acids is 1. The number of benzene rings is 3. The predicted octanol–water partition coefficient (Wildman–Crippen LogP) is 4.13. The molecule has 6 nitrogen and oxygen atoms in total. The molecule has 0 heterocycles. The van der Waals surface area contributed by atoms with Gasteiger partial charge in [-0.15, -0.1) is 23.5 Å². The van der Waals surface area contributed by atoms with E-state index in [1.54, 1.807) is 0 Å². The molecular formula is C25H23N2O4S2-. The summed E-state index contributed by atoms with van der Waals surface area (Å²) in [7, 11) is 0. The van der Waals surface area contributed by atoms with E-state index in [4.69, 9.17) is 0 Å². The molecule has 0 aromatic heterocycles. The minimum Gasteiger partial charge on any atom is -0.545 e. The normalized spacial score (nSPS) is 10.5. The third kappa shape index (κ3) is 7.69. The monoisotopic (exact) mass is 479 g/mol. The van der Waals surface area contributed by atoms with Crippen molar-refractivity contribution in [2.45, 2.75) is 23.6 Å². The van der Waals surface area contributed by atoms with Crippen LogP contribution in [0.2, 0.25) is 0 Å². The highest BCUT2D eigenvalue weighted by Crippen LogP contribution is 2.26. The summed E-state index contributed by atoms with van der Waals surface area (Å²) in [5.41, 5.74) is 2.70. The lowest BCUT2D eigenvalue weighted by molar-refractivity contribution is -0.255. The summed E-state index contributed by atoms with van der Waals surface area (Å²) < 4.78 is 0. The van der Waals surface area contributed by atoms with Gasteiger partial charge in [0.1, 0.15) is 0 Å². The molecule has 0 aliphatic rings. The second-order valence-electron chi connectivity index (χ2n) is 7.35. The fraction of sp³-hybridized carbons (Fsp3) is 0.160. The lowest BCUT2D eigenvalue weighted by Gasteiger charge is -2.15. The van der Waals surface area contributed by atoms with Crippen molar-refractivity contribution in [2.24, 2.45) is 0 Å². The van der Waals surface area contributed by atoms with Gasteiger partial charge in [-0.25, -0.2) is 0 Å². The number of carboxylic acid groups (broad SMARTS) is 1. The van der Waals surface area contributed by atoms with Crippen molar-refractivity contribution in [3.63, 3.8) is 0 Å². The van der Waals surface area contributed by atoms with E-state index in [2.05, 4.69) is 10.6 Å². The SMILES string of the molecule is Cc1ccc(SCC(=O)Nc2ccc(C(=O)[O-])cc2NC(=O)CSc2ccc(C)cc2)cc1. The highest BCUT2D eigenvalue weighted by Gasteiger charge is 2.12. The zero-order valence-corrected chi connectivity index (χ0v) is 19.8. The number of nitrogens with one attached hydrogen (secondary N) is 2. The molecule has 0 aliphatic heterocycles. The molecule has 8 heteroatoms. The molecule has 170 valence electrons. The molecule has 0 saturated heterocycles. The van der Waals surface area contributed by atoms with E-state index in [9.17, 15) is 19.5 Å². The van der Waals surface area contributed by atoms with Crippen LogP contribution in [0.4, 0.5) is 11.4 Å². The summed E-state index contributed by atoms with van der Waals surface area (Å²) in [5, 5.41) is 16.7. The number of amides is 2. The third-order valence-electron chi connectivity index (χ3n) is 4.59. The molecule has 0 aliphatic carbocycles. The lowest BCUT2D eigenvalue weighted by Crippen LogP contribution is -2.23. The highest BCUT2D eigenvalue weighted by molar-refractivity contribution is 8.00. The van der Waals surface area contributed by atoms with Gasteiger partial charge in [0.15, 0.2) is 0 Å². The molecule has 2 amide bonds. The van der Waals surface area contributed by atoms with E-state index in [0.29, 0.717) is 5.69 Å². The van der Waals surface area contributed by atoms with Gasteiger partial charge in [-0.05, 0) is 55.8 Å². The largest absolute Gasteiger partial charge is 0.545 e. The van der Waals surface area contributed by atoms with Gasteiger partial charge in [0, 0.05) is 9.79 Å². The molecule has 2 N–H and O–H groups in total. The van der Waals surface area contributed by atoms with Gasteiger partial charge in [0.25, 0.3) is 0 Å². The minimum absolute atomic E-state index is 0.0940. The first-order valence-corrected chi connectivity index (χ1v) is 12.1. The zero-order chi connectivity index (χ0) is 23.8. The number of carboxylic acids is 1. The zero-order valence-electron chi connectivity index (χ0n) is 18.2. The second kappa shape index (κ2) is 11.6. The van der Waals surface area contributed by atoms with Gasteiger partial charge in [0.05, 0.1) is 28.8 Å². The summed E-state index contributed by atoms with van der Waals surface area (Å²) in [6, 6.07) is 19.7. The Kier molecular flexibility index (Phi) is 8.57. The Balaban J connectivity index is 1.64. The smallest absolute Gasteiger partial charge is 0.234 e. The van der Waals surface area contributed by atoms with Crippen molar-refractivity contribution in [2.75, 3.05) is 22.1 Å². The van der Waals surface area contributed by atoms with Gasteiger partial charge in [0.2, 0.25) is 11.8 Å². The molecular weight excluding hydrogens is 456 g/mol. The first-order chi connectivity index (χ1) is 15.8. The third-order valence-corrected chi connectivity index (χ3v) is 6.61. The number of carbonyl (C=O) groups excluding carboxylic acids is 3. The number of hydrogen-bond donors (Lipinski definition) is 2. The Morgan fingerprint density at radius 2 is 1.15 bits per heavy atom. The van der Waals surface area contributed by atoms with E-state index >= 15 is 0 Å². The second-order valence-corrected chi connectivity index (χ2v) is 9.45. The first-order valence-electron chi connectivity index (χ1n) is 10.1. The molecule has 0 radical (unpaired) electrons. The van der Waals surface area contributed by atoms with Crippen LogP contribution in [0.25, 0.3) is 0 Å². The quantitative estimate of drug-likeness (QED) is 0.448. The molecule has 33 heavy (non-hydrogen) atoms. The van der Waals surface area contributed by atoms with Gasteiger partial charge >= 0.3 is 0 Å². The van der Waals surface area contributed by atoms with Crippen molar-refractivity contribution < 1.29 is 19.5 Å². The van der Waals surface area contributed by atoms with Crippen molar-refractivity contribution in [3.8, 4) is 0 Å². The lowest BCUT2D eigenvalue weighted by atomic mass is 10.1. The van der Waals surface area contributed by atoms with Crippen LogP contribution in [0.3, 0.4) is 0 Å². The maximum atomic E-state index is 12.5.